The number of nitrogens with zero attached hydrogens (tertiary/aromatic N) is 21. The molecular formula is C95H95Cl3F5N25O16. The maximum absolute atomic E-state index is 13.5. The minimum atomic E-state index is -4.57. The summed E-state index contributed by atoms with van der Waals surface area (Å²) in [5.41, 5.74) is 7.24. The van der Waals surface area contributed by atoms with Crippen LogP contribution in [0.15, 0.2) is 171 Å². The maximum Gasteiger partial charge on any atom is 0.416 e. The highest BCUT2D eigenvalue weighted by molar-refractivity contribution is 6.34. The number of carbonyl (C=O) groups is 4. The average Bonchev–Trinajstić information content (AvgIpc) is 1.41. The second-order valence-electron chi connectivity index (χ2n) is 34.5. The van der Waals surface area contributed by atoms with Crippen LogP contribution in [0.25, 0.3) is 45.0 Å². The first-order chi connectivity index (χ1) is 69.4. The lowest BCUT2D eigenvalue weighted by molar-refractivity contribution is -0.137. The van der Waals surface area contributed by atoms with Gasteiger partial charge in [-0.15, -0.1) is 0 Å². The number of urea groups is 4. The molecule has 144 heavy (non-hydrogen) atoms. The molecule has 0 spiro atoms. The molecule has 20 rings (SSSR count). The Morgan fingerprint density at radius 2 is 0.736 bits per heavy atom. The zero-order valence-electron chi connectivity index (χ0n) is 76.8. The number of halogens is 8. The van der Waals surface area contributed by atoms with Crippen molar-refractivity contribution in [1.29, 1.82) is 5.26 Å². The minimum absolute atomic E-state index is 0.0276. The Bertz CT molecular complexity index is 6590. The summed E-state index contributed by atoms with van der Waals surface area (Å²) in [5.74, 6) is 2.46. The van der Waals surface area contributed by atoms with Crippen molar-refractivity contribution in [3.05, 3.63) is 203 Å². The molecule has 49 heteroatoms. The van der Waals surface area contributed by atoms with Gasteiger partial charge in [-0.3, -0.25) is 29.0 Å². The van der Waals surface area contributed by atoms with E-state index in [9.17, 15) is 66.8 Å². The molecule has 4 saturated heterocycles. The van der Waals surface area contributed by atoms with E-state index in [-0.39, 0.29) is 114 Å². The molecule has 12 aromatic rings. The molecule has 8 atom stereocenters. The van der Waals surface area contributed by atoms with E-state index in [1.807, 2.05) is 49.6 Å². The van der Waals surface area contributed by atoms with Crippen molar-refractivity contribution in [2.24, 2.45) is 14.1 Å². The summed E-state index contributed by atoms with van der Waals surface area (Å²) < 4.78 is 91.5. The number of benzene rings is 2. The number of aliphatic hydroxyl groups excluding tert-OH is 8. The highest BCUT2D eigenvalue weighted by Gasteiger charge is 2.47. The van der Waals surface area contributed by atoms with Gasteiger partial charge >= 0.3 is 30.3 Å². The quantitative estimate of drug-likeness (QED) is 0.0236. The Morgan fingerprint density at radius 1 is 0.431 bits per heavy atom. The number of carbonyl (C=O) groups excluding carboxylic acids is 4. The van der Waals surface area contributed by atoms with Crippen LogP contribution in [0.3, 0.4) is 0 Å². The van der Waals surface area contributed by atoms with Gasteiger partial charge in [0.1, 0.15) is 56.9 Å². The fourth-order valence-electron chi connectivity index (χ4n) is 17.6. The molecule has 8 aliphatic heterocycles. The lowest BCUT2D eigenvalue weighted by Crippen LogP contribution is -2.48. The van der Waals surface area contributed by atoms with Gasteiger partial charge in [-0.2, -0.15) is 28.6 Å². The van der Waals surface area contributed by atoms with Crippen LogP contribution in [-0.2, 0) is 20.3 Å². The van der Waals surface area contributed by atoms with Gasteiger partial charge in [-0.05, 0) is 92.4 Å². The number of hydrogen-bond donors (Lipinski definition) is 12. The molecule has 2 aromatic carbocycles. The van der Waals surface area contributed by atoms with Crippen molar-refractivity contribution >= 4 is 128 Å². The summed E-state index contributed by atoms with van der Waals surface area (Å²) >= 11 is 19.7. The molecule has 752 valence electrons. The molecule has 8 aliphatic rings. The summed E-state index contributed by atoms with van der Waals surface area (Å²) in [6.07, 6.45) is 4.49. The summed E-state index contributed by atoms with van der Waals surface area (Å²) in [4.78, 5) is 104. The third-order valence-corrected chi connectivity index (χ3v) is 25.4. The first-order valence-corrected chi connectivity index (χ1v) is 46.5. The average molecular weight is 2040 g/mol. The summed E-state index contributed by atoms with van der Waals surface area (Å²) in [7, 11) is 3.64. The molecule has 18 heterocycles. The number of anilines is 12. The zero-order valence-corrected chi connectivity index (χ0v) is 79.0. The van der Waals surface area contributed by atoms with E-state index >= 15 is 0 Å². The van der Waals surface area contributed by atoms with E-state index in [0.717, 1.165) is 73.5 Å². The van der Waals surface area contributed by atoms with E-state index in [0.29, 0.717) is 128 Å². The van der Waals surface area contributed by atoms with Crippen molar-refractivity contribution in [3.63, 3.8) is 0 Å². The van der Waals surface area contributed by atoms with E-state index < -0.39 is 81.1 Å². The normalized spacial score (nSPS) is 17.2. The summed E-state index contributed by atoms with van der Waals surface area (Å²) in [6, 6.07) is 29.9. The van der Waals surface area contributed by atoms with Gasteiger partial charge in [0.25, 0.3) is 6.43 Å². The molecule has 8 bridgehead atoms. The third kappa shape index (κ3) is 22.6. The topological polar surface area (TPSA) is 504 Å². The fourth-order valence-corrected chi connectivity index (χ4v) is 18.3. The standard InChI is InChI=1S/C26H23F3N6O4.C25H24ClF2N5O4.2C22H24ClN7O4/c27-26(28,29)17-3-1-2-15(8-17)23-16(11-30)9-21-24(33-23)35(19-5-7-34(21)12-19)25(38)32-18-4-6-31-22(10-18)39-14-20(37)13-36;26-19-10-20-24(31-22(19)14-2-1-3-15(8-14)23(27)28)33(17-5-7-32(20)11-17)25(36)30-16-4-6-29-21(9-16)37-13-18(35)12-34;2*1-28-9-13(8-25-28)20-17(23)7-18-21(27-20)30(15-3-5-29(18)10-15)22(33)26-14-2-4-24-19(6-14)34-12-16(32)11-31/h1-4,6,8-10,19-20,36-37H,5,7,12-14H2,(H,31,32,38);1-4,6,8-10,17-18,23,34-35H,5,7,11-13H2,(H,29,30,36);2*2,4,6-9,15-16,31-32H,3,5,10-12H2,1H3,(H,24,26,33)/t19-,20-;17-,18-;15-,16+;15-,16-/m0000/s1. The predicted octanol–water partition coefficient (Wildman–Crippen LogP) is 11.3. The number of fused-ring (bicyclic) bond motifs is 16. The Kier molecular flexibility index (Phi) is 30.8. The first kappa shape index (κ1) is 101. The Labute approximate surface area is 832 Å². The number of ether oxygens (including phenoxy) is 4. The van der Waals surface area contributed by atoms with Gasteiger partial charge in [0.15, 0.2) is 23.3 Å². The summed E-state index contributed by atoms with van der Waals surface area (Å²) in [5, 5.41) is 105. The van der Waals surface area contributed by atoms with Crippen LogP contribution in [0.2, 0.25) is 15.1 Å². The first-order valence-electron chi connectivity index (χ1n) is 45.4. The largest absolute Gasteiger partial charge is 0.475 e. The lowest BCUT2D eigenvalue weighted by atomic mass is 10.0. The van der Waals surface area contributed by atoms with E-state index in [1.54, 1.807) is 91.1 Å². The molecule has 0 aliphatic carbocycles. The highest BCUT2D eigenvalue weighted by atomic mass is 35.5. The van der Waals surface area contributed by atoms with Crippen molar-refractivity contribution in [2.75, 3.05) is 166 Å². The Morgan fingerprint density at radius 3 is 1.03 bits per heavy atom. The molecule has 12 N–H and O–H groups in total. The van der Waals surface area contributed by atoms with Crippen LogP contribution < -0.4 is 79.4 Å². The molecule has 41 nitrogen and oxygen atoms in total. The van der Waals surface area contributed by atoms with Gasteiger partial charge in [0.05, 0.1) is 135 Å². The van der Waals surface area contributed by atoms with Crippen LogP contribution in [0.1, 0.15) is 48.8 Å². The molecule has 10 aromatic heterocycles. The third-order valence-electron chi connectivity index (χ3n) is 24.5. The van der Waals surface area contributed by atoms with Crippen molar-refractivity contribution in [2.45, 2.75) is 86.9 Å². The molecule has 0 unspecified atom stereocenters. The van der Waals surface area contributed by atoms with Crippen molar-refractivity contribution in [3.8, 4) is 74.6 Å². The number of nitriles is 1. The zero-order chi connectivity index (χ0) is 101. The van der Waals surface area contributed by atoms with Crippen LogP contribution in [0, 0.1) is 11.3 Å². The molecule has 0 radical (unpaired) electrons. The molecule has 8 amide bonds. The van der Waals surface area contributed by atoms with Crippen molar-refractivity contribution < 1.29 is 101 Å². The van der Waals surface area contributed by atoms with Gasteiger partial charge < -0.3 is 101 Å². The van der Waals surface area contributed by atoms with Crippen molar-refractivity contribution in [1.82, 2.24) is 59.4 Å². The number of aryl methyl sites for hydroxylation is 2. The van der Waals surface area contributed by atoms with Gasteiger partial charge in [0.2, 0.25) is 23.5 Å². The highest BCUT2D eigenvalue weighted by Crippen LogP contribution is 2.49. The Hall–Kier alpha value is -14.8. The van der Waals surface area contributed by atoms with E-state index in [4.69, 9.17) is 89.1 Å². The second kappa shape index (κ2) is 44.0. The number of hydrogen-bond acceptors (Lipinski definition) is 31. The monoisotopic (exact) mass is 2040 g/mol. The lowest BCUT2D eigenvalue weighted by Gasteiger charge is -2.36. The SMILES string of the molecule is Cn1cc(-c2nc3c(cc2Cl)N2CC[C@@H](C2)N3C(=O)Nc2ccnc(OC[C@@H](O)CO)c2)cn1.Cn1cc(-c2nc3c(cc2Cl)N2CC[C@@H](C2)N3C(=O)Nc2ccnc(OC[C@H](O)CO)c2)cn1.N#Cc1cc2c(nc1-c1cccc(C(F)(F)F)c1)N(C(=O)Nc1ccnc(OC[C@@H](O)CO)c1)[C@H]1CCN2C1.O=C(Nc1ccnc(OC[C@@H](O)CO)c1)N1c2nc(-c3cccc(C(F)F)c3)c(Cl)cc2N2CC[C@H]1C2. The van der Waals surface area contributed by atoms with Gasteiger partial charge in [0, 0.05) is 178 Å². The van der Waals surface area contributed by atoms with Crippen LogP contribution >= 0.6 is 34.8 Å². The second-order valence-corrected chi connectivity index (χ2v) is 35.7. The number of aromatic nitrogens is 12. The van der Waals surface area contributed by atoms with E-state index in [1.165, 1.54) is 72.2 Å². The van der Waals surface area contributed by atoms with Crippen LogP contribution in [0.5, 0.6) is 23.5 Å². The van der Waals surface area contributed by atoms with E-state index in [2.05, 4.69) is 71.1 Å². The maximum atomic E-state index is 13.5. The summed E-state index contributed by atoms with van der Waals surface area (Å²) in [6.45, 7) is 3.17. The number of aliphatic hydroxyl groups is 8. The number of nitrogens with one attached hydrogen (secondary N) is 4. The number of amides is 8. The molecular weight excluding hydrogens is 1950 g/mol. The van der Waals surface area contributed by atoms with Crippen LogP contribution in [-0.4, -0.2) is 278 Å². The fraction of sp³-hybridized carbons (Fsp3) is 0.337. The predicted molar refractivity (Wildman–Crippen MR) is 522 cm³/mol. The van der Waals surface area contributed by atoms with Crippen LogP contribution in [0.4, 0.5) is 110 Å². The molecule has 0 saturated carbocycles. The smallest absolute Gasteiger partial charge is 0.416 e. The number of pyridine rings is 8. The molecule has 4 fully saturated rings. The Balaban J connectivity index is 0.000000132. The number of alkyl halides is 5. The van der Waals surface area contributed by atoms with Gasteiger partial charge in [-0.1, -0.05) is 65.1 Å². The minimum Gasteiger partial charge on any atom is -0.475 e. The van der Waals surface area contributed by atoms with Gasteiger partial charge in [-0.25, -0.2) is 67.8 Å². The number of rotatable bonds is 25.